The van der Waals surface area contributed by atoms with Gasteiger partial charge in [0.1, 0.15) is 0 Å². The van der Waals surface area contributed by atoms with Crippen molar-refractivity contribution in [1.82, 2.24) is 0 Å². The van der Waals surface area contributed by atoms with Crippen LogP contribution in [0.25, 0.3) is 33.4 Å². The second-order valence-electron chi connectivity index (χ2n) is 18.8. The molecule has 4 atom stereocenters. The van der Waals surface area contributed by atoms with Crippen molar-refractivity contribution in [2.75, 3.05) is 4.90 Å². The summed E-state index contributed by atoms with van der Waals surface area (Å²) < 4.78 is 0. The van der Waals surface area contributed by atoms with Crippen LogP contribution in [0.15, 0.2) is 197 Å². The largest absolute Gasteiger partial charge is 0.334 e. The molecule has 0 bridgehead atoms. The summed E-state index contributed by atoms with van der Waals surface area (Å²) in [6, 6.07) is 35.1. The van der Waals surface area contributed by atoms with Crippen LogP contribution >= 0.6 is 0 Å². The van der Waals surface area contributed by atoms with Crippen LogP contribution in [-0.4, -0.2) is 6.04 Å². The lowest BCUT2D eigenvalue weighted by molar-refractivity contribution is 0.632. The van der Waals surface area contributed by atoms with Gasteiger partial charge < -0.3 is 4.90 Å². The molecule has 4 aromatic rings. The zero-order valence-electron chi connectivity index (χ0n) is 35.0. The molecule has 4 aromatic carbocycles. The Morgan fingerprint density at radius 2 is 1.50 bits per heavy atom. The van der Waals surface area contributed by atoms with E-state index < -0.39 is 0 Å². The Bertz CT molecular complexity index is 2800. The summed E-state index contributed by atoms with van der Waals surface area (Å²) >= 11 is 0. The van der Waals surface area contributed by atoms with Crippen molar-refractivity contribution in [3.63, 3.8) is 0 Å². The minimum absolute atomic E-state index is 0.0159. The van der Waals surface area contributed by atoms with E-state index >= 15 is 0 Å². The first-order valence-electron chi connectivity index (χ1n) is 22.7. The molecule has 1 nitrogen and oxygen atoms in total. The number of rotatable bonds is 5. The molecule has 294 valence electrons. The molecule has 7 aliphatic carbocycles. The van der Waals surface area contributed by atoms with Crippen molar-refractivity contribution in [1.29, 1.82) is 0 Å². The topological polar surface area (TPSA) is 3.24 Å². The standard InChI is InChI=1S/C59H53N/c1-59(2)55-23-13-11-21-49(55)53-37-46(28-29-56(53)59)60-57-24-14-12-22-50(57)54-35-41(27-30-58(54)60)40-25-26-42-36-52(48-20-10-9-19-47(48)51(42)34-40)45-32-43(38-15-5-3-6-16-38)31-44(33-45)39-17-7-4-8-18-39/h3,5-6,9-11,13-17,19-21,23-24,26-35,37,40,47,54,58H,4,7-8,12,18,22,25,36H2,1-2H3. The van der Waals surface area contributed by atoms with Gasteiger partial charge in [-0.2, -0.15) is 0 Å². The van der Waals surface area contributed by atoms with Crippen LogP contribution in [0, 0.1) is 17.8 Å². The summed E-state index contributed by atoms with van der Waals surface area (Å²) in [5, 5.41) is 0. The van der Waals surface area contributed by atoms with Gasteiger partial charge in [-0.1, -0.05) is 141 Å². The molecule has 0 saturated carbocycles. The Kier molecular flexibility index (Phi) is 8.45. The van der Waals surface area contributed by atoms with E-state index in [-0.39, 0.29) is 11.3 Å². The maximum absolute atomic E-state index is 2.67. The fraction of sp³-hybridized carbons (Fsp3) is 0.254. The molecule has 0 aromatic heterocycles. The van der Waals surface area contributed by atoms with Gasteiger partial charge in [-0.25, -0.2) is 0 Å². The Morgan fingerprint density at radius 1 is 0.650 bits per heavy atom. The quantitative estimate of drug-likeness (QED) is 0.195. The average Bonchev–Trinajstić information content (AvgIpc) is 3.76. The third-order valence-corrected chi connectivity index (χ3v) is 15.1. The van der Waals surface area contributed by atoms with Crippen LogP contribution in [0.3, 0.4) is 0 Å². The van der Waals surface area contributed by atoms with Crippen molar-refractivity contribution in [3.8, 4) is 22.3 Å². The molecule has 1 heteroatoms. The molecule has 12 rings (SSSR count). The Balaban J connectivity index is 0.881. The van der Waals surface area contributed by atoms with Crippen LogP contribution in [-0.2, 0) is 5.41 Å². The second-order valence-corrected chi connectivity index (χ2v) is 18.8. The summed E-state index contributed by atoms with van der Waals surface area (Å²) in [6.45, 7) is 4.76. The van der Waals surface area contributed by atoms with Crippen LogP contribution < -0.4 is 4.90 Å². The Labute approximate surface area is 356 Å². The first kappa shape index (κ1) is 36.0. The highest BCUT2D eigenvalue weighted by Gasteiger charge is 2.42. The van der Waals surface area contributed by atoms with E-state index in [0.717, 1.165) is 25.7 Å². The van der Waals surface area contributed by atoms with Gasteiger partial charge in [-0.3, -0.25) is 0 Å². The van der Waals surface area contributed by atoms with E-state index in [0.29, 0.717) is 17.9 Å². The molecule has 0 N–H and O–H groups in total. The van der Waals surface area contributed by atoms with Crippen molar-refractivity contribution in [2.24, 2.45) is 17.8 Å². The third kappa shape index (κ3) is 5.72. The van der Waals surface area contributed by atoms with E-state index in [1.54, 1.807) is 5.57 Å². The van der Waals surface area contributed by atoms with Crippen LogP contribution in [0.5, 0.6) is 0 Å². The first-order valence-corrected chi connectivity index (χ1v) is 22.7. The Hall–Kier alpha value is -5.92. The second kappa shape index (κ2) is 14.1. The van der Waals surface area contributed by atoms with E-state index in [2.05, 4.69) is 183 Å². The fourth-order valence-corrected chi connectivity index (χ4v) is 12.1. The van der Waals surface area contributed by atoms with Gasteiger partial charge in [0, 0.05) is 34.6 Å². The number of hydrogen-bond acceptors (Lipinski definition) is 1. The lowest BCUT2D eigenvalue weighted by Gasteiger charge is -2.36. The van der Waals surface area contributed by atoms with E-state index in [1.165, 1.54) is 115 Å². The van der Waals surface area contributed by atoms with Crippen LogP contribution in [0.2, 0.25) is 0 Å². The summed E-state index contributed by atoms with van der Waals surface area (Å²) in [4.78, 5) is 2.66. The molecule has 1 heterocycles. The van der Waals surface area contributed by atoms with E-state index in [4.69, 9.17) is 0 Å². The molecule has 0 amide bonds. The predicted octanol–water partition coefficient (Wildman–Crippen LogP) is 15.0. The van der Waals surface area contributed by atoms with Crippen molar-refractivity contribution < 1.29 is 0 Å². The smallest absolute Gasteiger partial charge is 0.0626 e. The average molecular weight is 776 g/mol. The molecular weight excluding hydrogens is 723 g/mol. The van der Waals surface area contributed by atoms with Crippen molar-refractivity contribution >= 4 is 16.8 Å². The maximum Gasteiger partial charge on any atom is 0.0626 e. The SMILES string of the molecule is CC1(C)c2ccccc2-c2cc(N3C4=C(CCC=C4)C4C=C(C5C=C6C(=CC5)CC(c5cc(C7=CCCCC7)cc(-c7ccccc7)c5)=C5C=CC=CC65)C=CC43)ccc21. The first-order chi connectivity index (χ1) is 29.5. The lowest BCUT2D eigenvalue weighted by atomic mass is 9.68. The van der Waals surface area contributed by atoms with E-state index in [1.807, 2.05) is 0 Å². The van der Waals surface area contributed by atoms with Gasteiger partial charge in [0.15, 0.2) is 0 Å². The van der Waals surface area contributed by atoms with Gasteiger partial charge in [-0.05, 0) is 171 Å². The molecule has 0 spiro atoms. The van der Waals surface area contributed by atoms with Gasteiger partial charge in [0.2, 0.25) is 0 Å². The minimum atomic E-state index is 0.0159. The van der Waals surface area contributed by atoms with Crippen molar-refractivity contribution in [2.45, 2.75) is 76.7 Å². The molecule has 0 radical (unpaired) electrons. The van der Waals surface area contributed by atoms with Gasteiger partial charge >= 0.3 is 0 Å². The minimum Gasteiger partial charge on any atom is -0.334 e. The molecule has 60 heavy (non-hydrogen) atoms. The highest BCUT2D eigenvalue weighted by atomic mass is 15.2. The number of allylic oxidation sites excluding steroid dienone is 16. The molecule has 0 fully saturated rings. The molecule has 1 aliphatic heterocycles. The number of benzene rings is 4. The number of fused-ring (bicyclic) bond motifs is 8. The van der Waals surface area contributed by atoms with Gasteiger partial charge in [0.05, 0.1) is 6.04 Å². The highest BCUT2D eigenvalue weighted by molar-refractivity contribution is 5.86. The van der Waals surface area contributed by atoms with Gasteiger partial charge in [-0.15, -0.1) is 0 Å². The number of anilines is 1. The van der Waals surface area contributed by atoms with Gasteiger partial charge in [0.25, 0.3) is 0 Å². The zero-order valence-corrected chi connectivity index (χ0v) is 35.0. The predicted molar refractivity (Wildman–Crippen MR) is 252 cm³/mol. The fourth-order valence-electron chi connectivity index (χ4n) is 12.1. The summed E-state index contributed by atoms with van der Waals surface area (Å²) in [5.74, 6) is 1.05. The number of nitrogens with zero attached hydrogens (tertiary/aromatic N) is 1. The Morgan fingerprint density at radius 3 is 2.40 bits per heavy atom. The van der Waals surface area contributed by atoms with Crippen LogP contribution in [0.1, 0.15) is 87.5 Å². The third-order valence-electron chi connectivity index (χ3n) is 15.1. The lowest BCUT2D eigenvalue weighted by Crippen LogP contribution is -2.33. The zero-order chi connectivity index (χ0) is 40.0. The number of hydrogen-bond donors (Lipinski definition) is 0. The van der Waals surface area contributed by atoms with Crippen molar-refractivity contribution in [3.05, 3.63) is 220 Å². The summed E-state index contributed by atoms with van der Waals surface area (Å²) in [7, 11) is 0. The van der Waals surface area contributed by atoms with E-state index in [9.17, 15) is 0 Å². The summed E-state index contributed by atoms with van der Waals surface area (Å²) in [5.41, 5.74) is 24.4. The highest BCUT2D eigenvalue weighted by Crippen LogP contribution is 2.53. The molecule has 4 unspecified atom stereocenters. The summed E-state index contributed by atoms with van der Waals surface area (Å²) in [6.07, 6.45) is 38.9. The molecule has 0 saturated heterocycles. The maximum atomic E-state index is 2.67. The molecule has 8 aliphatic rings. The monoisotopic (exact) mass is 775 g/mol. The normalized spacial score (nSPS) is 25.4. The molecular formula is C59H53N. The van der Waals surface area contributed by atoms with Crippen LogP contribution in [0.4, 0.5) is 5.69 Å².